The van der Waals surface area contributed by atoms with Crippen LogP contribution in [0.3, 0.4) is 0 Å². The second-order valence-corrected chi connectivity index (χ2v) is 12.9. The molecular formula is C31H30BrN3O3S2. The minimum absolute atomic E-state index is 0.0983. The van der Waals surface area contributed by atoms with Crippen molar-refractivity contribution in [2.24, 2.45) is 5.10 Å². The lowest BCUT2D eigenvalue weighted by atomic mass is 10.2. The van der Waals surface area contributed by atoms with Gasteiger partial charge in [0.2, 0.25) is 0 Å². The van der Waals surface area contributed by atoms with E-state index < -0.39 is 0 Å². The summed E-state index contributed by atoms with van der Waals surface area (Å²) in [5, 5.41) is 4.16. The molecule has 0 unspecified atom stereocenters. The predicted molar refractivity (Wildman–Crippen MR) is 169 cm³/mol. The summed E-state index contributed by atoms with van der Waals surface area (Å²) in [4.78, 5) is 12.3. The quantitative estimate of drug-likeness (QED) is 0.145. The fourth-order valence-electron chi connectivity index (χ4n) is 4.38. The van der Waals surface area contributed by atoms with E-state index in [1.165, 1.54) is 17.1 Å². The summed E-state index contributed by atoms with van der Waals surface area (Å²) in [6.45, 7) is 4.49. The van der Waals surface area contributed by atoms with Crippen LogP contribution in [0.2, 0.25) is 0 Å². The molecule has 1 saturated heterocycles. The average molecular weight is 637 g/mol. The molecule has 206 valence electrons. The number of hydrazone groups is 1. The van der Waals surface area contributed by atoms with Crippen LogP contribution in [0.25, 0.3) is 5.69 Å². The maximum Gasteiger partial charge on any atom is 0.277 e. The number of hydrogen-bond donors (Lipinski definition) is 1. The zero-order valence-electron chi connectivity index (χ0n) is 22.3. The highest BCUT2D eigenvalue weighted by atomic mass is 79.9. The Balaban J connectivity index is 1.13. The molecule has 0 spiro atoms. The number of benzene rings is 3. The normalized spacial score (nSPS) is 13.6. The second-order valence-electron chi connectivity index (χ2n) is 9.30. The maximum atomic E-state index is 12.3. The van der Waals surface area contributed by atoms with Crippen LogP contribution in [0, 0.1) is 13.8 Å². The van der Waals surface area contributed by atoms with Crippen molar-refractivity contribution in [2.45, 2.75) is 25.0 Å². The van der Waals surface area contributed by atoms with E-state index in [4.69, 9.17) is 9.47 Å². The summed E-state index contributed by atoms with van der Waals surface area (Å²) < 4.78 is 15.3. The Labute approximate surface area is 251 Å². The number of amides is 1. The third-order valence-electron chi connectivity index (χ3n) is 6.42. The van der Waals surface area contributed by atoms with Crippen molar-refractivity contribution in [3.63, 3.8) is 0 Å². The molecule has 1 aromatic heterocycles. The standard InChI is InChI=1S/C31H30BrN3O3S2/c1-21-17-25(18-33-34-30(36)20-38-28-11-5-24(6-12-28)31-39-15-16-40-31)22(2)35(21)27-9-13-29(14-10-27)37-19-23-3-7-26(32)8-4-23/h3-14,17-18,31H,15-16,19-20H2,1-2H3,(H,34,36)/b33-18-. The van der Waals surface area contributed by atoms with Crippen LogP contribution in [-0.2, 0) is 11.4 Å². The van der Waals surface area contributed by atoms with Crippen molar-refractivity contribution in [1.82, 2.24) is 9.99 Å². The van der Waals surface area contributed by atoms with E-state index in [1.807, 2.05) is 104 Å². The summed E-state index contributed by atoms with van der Waals surface area (Å²) >= 11 is 7.38. The Kier molecular flexibility index (Phi) is 9.57. The van der Waals surface area contributed by atoms with E-state index in [0.29, 0.717) is 16.9 Å². The Hall–Kier alpha value is -3.14. The smallest absolute Gasteiger partial charge is 0.277 e. The second kappa shape index (κ2) is 13.5. The van der Waals surface area contributed by atoms with E-state index in [2.05, 4.69) is 43.2 Å². The molecule has 1 N–H and O–H groups in total. The minimum Gasteiger partial charge on any atom is -0.489 e. The van der Waals surface area contributed by atoms with Crippen LogP contribution in [0.5, 0.6) is 11.5 Å². The van der Waals surface area contributed by atoms with Crippen molar-refractivity contribution >= 4 is 51.6 Å². The molecular weight excluding hydrogens is 606 g/mol. The first-order valence-corrected chi connectivity index (χ1v) is 15.8. The lowest BCUT2D eigenvalue weighted by molar-refractivity contribution is -0.123. The molecule has 9 heteroatoms. The van der Waals surface area contributed by atoms with E-state index in [-0.39, 0.29) is 12.5 Å². The third-order valence-corrected chi connectivity index (χ3v) is 10.1. The van der Waals surface area contributed by atoms with Crippen molar-refractivity contribution in [1.29, 1.82) is 0 Å². The first-order valence-electron chi connectivity index (χ1n) is 12.9. The summed E-state index contributed by atoms with van der Waals surface area (Å²) in [5.74, 6) is 3.55. The first-order chi connectivity index (χ1) is 19.5. The fourth-order valence-corrected chi connectivity index (χ4v) is 7.51. The number of halogens is 1. The molecule has 4 aromatic rings. The molecule has 1 amide bonds. The van der Waals surface area contributed by atoms with Gasteiger partial charge in [0.05, 0.1) is 10.8 Å². The maximum absolute atomic E-state index is 12.3. The number of hydrogen-bond acceptors (Lipinski definition) is 6. The van der Waals surface area contributed by atoms with Gasteiger partial charge >= 0.3 is 0 Å². The van der Waals surface area contributed by atoms with Crippen LogP contribution >= 0.6 is 39.5 Å². The molecule has 1 aliphatic rings. The third kappa shape index (κ3) is 7.33. The molecule has 40 heavy (non-hydrogen) atoms. The zero-order valence-corrected chi connectivity index (χ0v) is 25.5. The van der Waals surface area contributed by atoms with Crippen LogP contribution in [0.15, 0.2) is 88.4 Å². The van der Waals surface area contributed by atoms with Gasteiger partial charge in [0, 0.05) is 38.6 Å². The summed E-state index contributed by atoms with van der Waals surface area (Å²) in [7, 11) is 0. The van der Waals surface area contributed by atoms with Crippen molar-refractivity contribution < 1.29 is 14.3 Å². The Morgan fingerprint density at radius 2 is 1.62 bits per heavy atom. The molecule has 2 heterocycles. The SMILES string of the molecule is Cc1cc(/C=N\NC(=O)COc2ccc(C3SCCS3)cc2)c(C)n1-c1ccc(OCc2ccc(Br)cc2)cc1. The van der Waals surface area contributed by atoms with Gasteiger partial charge < -0.3 is 14.0 Å². The number of carbonyl (C=O) groups excluding carboxylic acids is 1. The number of rotatable bonds is 10. The number of ether oxygens (including phenoxy) is 2. The average Bonchev–Trinajstić information content (AvgIpc) is 3.60. The van der Waals surface area contributed by atoms with Crippen LogP contribution in [0.1, 0.15) is 32.7 Å². The van der Waals surface area contributed by atoms with Gasteiger partial charge in [-0.1, -0.05) is 40.2 Å². The zero-order chi connectivity index (χ0) is 27.9. The van der Waals surface area contributed by atoms with Crippen molar-refractivity contribution in [3.8, 4) is 17.2 Å². The van der Waals surface area contributed by atoms with E-state index in [1.54, 1.807) is 6.21 Å². The van der Waals surface area contributed by atoms with Gasteiger partial charge in [-0.05, 0) is 79.6 Å². The van der Waals surface area contributed by atoms with Gasteiger partial charge in [0.15, 0.2) is 6.61 Å². The topological polar surface area (TPSA) is 64.8 Å². The molecule has 0 aliphatic carbocycles. The van der Waals surface area contributed by atoms with Crippen LogP contribution in [0.4, 0.5) is 0 Å². The van der Waals surface area contributed by atoms with E-state index in [9.17, 15) is 4.79 Å². The molecule has 3 aromatic carbocycles. The first kappa shape index (κ1) is 28.4. The summed E-state index contributed by atoms with van der Waals surface area (Å²) in [5.41, 5.74) is 8.99. The van der Waals surface area contributed by atoms with Crippen molar-refractivity contribution in [3.05, 3.63) is 111 Å². The van der Waals surface area contributed by atoms with Gasteiger partial charge in [-0.3, -0.25) is 4.79 Å². The number of aromatic nitrogens is 1. The molecule has 0 saturated carbocycles. The highest BCUT2D eigenvalue weighted by Gasteiger charge is 2.18. The highest BCUT2D eigenvalue weighted by molar-refractivity contribution is 9.10. The van der Waals surface area contributed by atoms with Crippen LogP contribution in [-0.4, -0.2) is 34.8 Å². The molecule has 0 bridgehead atoms. The number of carbonyl (C=O) groups is 1. The van der Waals surface area contributed by atoms with Gasteiger partial charge in [0.1, 0.15) is 18.1 Å². The molecule has 0 radical (unpaired) electrons. The molecule has 1 fully saturated rings. The van der Waals surface area contributed by atoms with Gasteiger partial charge in [0.25, 0.3) is 5.91 Å². The number of aryl methyl sites for hydroxylation is 1. The minimum atomic E-state index is -0.310. The summed E-state index contributed by atoms with van der Waals surface area (Å²) in [6.07, 6.45) is 1.66. The molecule has 0 atom stereocenters. The molecule has 6 nitrogen and oxygen atoms in total. The van der Waals surface area contributed by atoms with E-state index >= 15 is 0 Å². The Bertz CT molecular complexity index is 1460. The van der Waals surface area contributed by atoms with Gasteiger partial charge in [-0.15, -0.1) is 23.5 Å². The van der Waals surface area contributed by atoms with Gasteiger partial charge in [-0.25, -0.2) is 5.43 Å². The number of thioether (sulfide) groups is 2. The highest BCUT2D eigenvalue weighted by Crippen LogP contribution is 2.45. The lowest BCUT2D eigenvalue weighted by Crippen LogP contribution is -2.24. The van der Waals surface area contributed by atoms with Gasteiger partial charge in [-0.2, -0.15) is 5.10 Å². The monoisotopic (exact) mass is 635 g/mol. The van der Waals surface area contributed by atoms with E-state index in [0.717, 1.165) is 38.4 Å². The Morgan fingerprint density at radius 1 is 0.975 bits per heavy atom. The lowest BCUT2D eigenvalue weighted by Gasteiger charge is -2.11. The number of nitrogens with zero attached hydrogens (tertiary/aromatic N) is 2. The predicted octanol–water partition coefficient (Wildman–Crippen LogP) is 7.44. The summed E-state index contributed by atoms with van der Waals surface area (Å²) in [6, 6.07) is 26.1. The fraction of sp³-hybridized carbons (Fsp3) is 0.226. The molecule has 5 rings (SSSR count). The van der Waals surface area contributed by atoms with Crippen molar-refractivity contribution in [2.75, 3.05) is 18.1 Å². The Morgan fingerprint density at radius 3 is 2.33 bits per heavy atom. The largest absolute Gasteiger partial charge is 0.489 e. The number of nitrogens with one attached hydrogen (secondary N) is 1. The van der Waals surface area contributed by atoms with Crippen LogP contribution < -0.4 is 14.9 Å². The molecule has 1 aliphatic heterocycles.